The number of fused-ring (bicyclic) bond motifs is 2. The first-order chi connectivity index (χ1) is 15.6. The molecule has 1 atom stereocenters. The lowest BCUT2D eigenvalue weighted by Gasteiger charge is -2.25. The minimum atomic E-state index is -0.609. The normalized spacial score (nSPS) is 16.2. The molecule has 0 saturated carbocycles. The Labute approximate surface area is 192 Å². The molecule has 0 saturated heterocycles. The summed E-state index contributed by atoms with van der Waals surface area (Å²) in [5, 5.41) is 4.01. The van der Waals surface area contributed by atoms with Gasteiger partial charge < -0.3 is 4.74 Å². The molecule has 7 heteroatoms. The third kappa shape index (κ3) is 3.43. The second-order valence-corrected chi connectivity index (χ2v) is 9.37. The molecule has 2 aromatic heterocycles. The first kappa shape index (κ1) is 20.6. The van der Waals surface area contributed by atoms with Crippen molar-refractivity contribution >= 4 is 45.5 Å². The second kappa shape index (κ2) is 8.33. The highest BCUT2D eigenvalue weighted by Gasteiger charge is 2.34. The van der Waals surface area contributed by atoms with E-state index in [1.165, 1.54) is 11.3 Å². The van der Waals surface area contributed by atoms with Crippen molar-refractivity contribution in [2.45, 2.75) is 19.9 Å². The lowest BCUT2D eigenvalue weighted by atomic mass is 9.91. The van der Waals surface area contributed by atoms with Crippen molar-refractivity contribution in [2.75, 3.05) is 6.61 Å². The number of carbonyl (C=O) groups is 1. The number of aromatic nitrogens is 1. The summed E-state index contributed by atoms with van der Waals surface area (Å²) in [6.07, 6.45) is 1.89. The maximum Gasteiger partial charge on any atom is 0.338 e. The fourth-order valence-electron chi connectivity index (χ4n) is 4.08. The van der Waals surface area contributed by atoms with Gasteiger partial charge >= 0.3 is 5.97 Å². The molecule has 0 amide bonds. The molecule has 0 unspecified atom stereocenters. The van der Waals surface area contributed by atoms with Gasteiger partial charge in [-0.1, -0.05) is 59.9 Å². The zero-order valence-electron chi connectivity index (χ0n) is 17.6. The van der Waals surface area contributed by atoms with E-state index in [0.717, 1.165) is 21.2 Å². The number of hydrogen-bond acceptors (Lipinski definition) is 6. The highest BCUT2D eigenvalue weighted by atomic mass is 32.1. The molecule has 3 heterocycles. The predicted octanol–water partition coefficient (Wildman–Crippen LogP) is 4.01. The van der Waals surface area contributed by atoms with Gasteiger partial charge in [-0.2, -0.15) is 0 Å². The maximum atomic E-state index is 13.6. The van der Waals surface area contributed by atoms with E-state index in [-0.39, 0.29) is 12.2 Å². The van der Waals surface area contributed by atoms with Crippen LogP contribution in [0.5, 0.6) is 0 Å². The first-order valence-corrected chi connectivity index (χ1v) is 12.0. The van der Waals surface area contributed by atoms with E-state index in [0.29, 0.717) is 20.6 Å². The van der Waals surface area contributed by atoms with Crippen LogP contribution in [0.25, 0.3) is 16.8 Å². The minimum absolute atomic E-state index is 0.158. The lowest BCUT2D eigenvalue weighted by Crippen LogP contribution is -2.40. The Hall–Kier alpha value is -3.29. The van der Waals surface area contributed by atoms with E-state index in [1.54, 1.807) is 29.8 Å². The van der Waals surface area contributed by atoms with Gasteiger partial charge in [-0.3, -0.25) is 9.36 Å². The second-order valence-electron chi connectivity index (χ2n) is 7.39. The summed E-state index contributed by atoms with van der Waals surface area (Å²) in [6, 6.07) is 17.3. The fourth-order valence-corrected chi connectivity index (χ4v) is 5.85. The maximum absolute atomic E-state index is 13.6. The monoisotopic (exact) mass is 460 g/mol. The van der Waals surface area contributed by atoms with E-state index >= 15 is 0 Å². The van der Waals surface area contributed by atoms with E-state index in [4.69, 9.17) is 4.74 Å². The number of allylic oxidation sites excluding steroid dienone is 1. The van der Waals surface area contributed by atoms with Gasteiger partial charge in [-0.05, 0) is 47.7 Å². The van der Waals surface area contributed by atoms with Crippen molar-refractivity contribution in [1.82, 2.24) is 4.57 Å². The van der Waals surface area contributed by atoms with Gasteiger partial charge in [0.25, 0.3) is 5.56 Å². The highest BCUT2D eigenvalue weighted by Crippen LogP contribution is 2.34. The quantitative estimate of drug-likeness (QED) is 0.432. The number of rotatable bonds is 4. The number of ether oxygens (including phenoxy) is 1. The summed E-state index contributed by atoms with van der Waals surface area (Å²) < 4.78 is 7.62. The molecule has 0 N–H and O–H groups in total. The topological polar surface area (TPSA) is 60.7 Å². The van der Waals surface area contributed by atoms with Crippen molar-refractivity contribution in [3.8, 4) is 0 Å². The van der Waals surface area contributed by atoms with Gasteiger partial charge in [0.05, 0.1) is 28.5 Å². The van der Waals surface area contributed by atoms with Crippen LogP contribution in [-0.4, -0.2) is 17.1 Å². The van der Waals surface area contributed by atoms with Crippen LogP contribution >= 0.6 is 22.7 Å². The highest BCUT2D eigenvalue weighted by molar-refractivity contribution is 7.11. The van der Waals surface area contributed by atoms with E-state index in [2.05, 4.69) is 4.99 Å². The Bertz CT molecular complexity index is 1540. The molecular weight excluding hydrogens is 440 g/mol. The van der Waals surface area contributed by atoms with Gasteiger partial charge in [0, 0.05) is 4.88 Å². The summed E-state index contributed by atoms with van der Waals surface area (Å²) in [7, 11) is 0. The van der Waals surface area contributed by atoms with Crippen molar-refractivity contribution in [3.05, 3.63) is 101 Å². The zero-order chi connectivity index (χ0) is 22.2. The zero-order valence-corrected chi connectivity index (χ0v) is 19.2. The van der Waals surface area contributed by atoms with Crippen LogP contribution in [0.1, 0.15) is 30.3 Å². The number of hydrogen-bond donors (Lipinski definition) is 0. The molecule has 32 heavy (non-hydrogen) atoms. The summed E-state index contributed by atoms with van der Waals surface area (Å²) in [4.78, 5) is 32.9. The van der Waals surface area contributed by atoms with Crippen LogP contribution in [0, 0.1) is 0 Å². The van der Waals surface area contributed by atoms with Gasteiger partial charge in [-0.25, -0.2) is 9.79 Å². The van der Waals surface area contributed by atoms with Crippen LogP contribution in [0.3, 0.4) is 0 Å². The number of thiazole rings is 1. The van der Waals surface area contributed by atoms with Crippen molar-refractivity contribution in [1.29, 1.82) is 0 Å². The number of nitrogens with zero attached hydrogens (tertiary/aromatic N) is 2. The van der Waals surface area contributed by atoms with Crippen LogP contribution in [0.15, 0.2) is 81.0 Å². The summed E-state index contributed by atoms with van der Waals surface area (Å²) in [6.45, 7) is 3.83. The molecule has 160 valence electrons. The van der Waals surface area contributed by atoms with Gasteiger partial charge in [0.15, 0.2) is 4.80 Å². The number of benzene rings is 2. The van der Waals surface area contributed by atoms with Crippen LogP contribution in [0.4, 0.5) is 0 Å². The number of carbonyl (C=O) groups excluding carboxylic acids is 1. The molecule has 0 bridgehead atoms. The third-order valence-corrected chi connectivity index (χ3v) is 7.25. The lowest BCUT2D eigenvalue weighted by molar-refractivity contribution is -0.139. The van der Waals surface area contributed by atoms with Crippen LogP contribution in [0.2, 0.25) is 0 Å². The Morgan fingerprint density at radius 3 is 2.75 bits per heavy atom. The molecule has 0 radical (unpaired) electrons. The summed E-state index contributed by atoms with van der Waals surface area (Å²) in [5.74, 6) is -0.445. The standard InChI is InChI=1S/C25H20N2O3S2/c1-3-30-24(29)21-15(2)26-25-27(23(28)20(32-25)14-17-10-7-13-31-17)22(21)19-12-6-9-16-8-4-5-11-18(16)19/h4-14,22H,3H2,1-2H3/t22-/m0/s1. The molecule has 1 aliphatic rings. The molecule has 1 aliphatic heterocycles. The van der Waals surface area contributed by atoms with Crippen molar-refractivity contribution in [3.63, 3.8) is 0 Å². The molecule has 5 nitrogen and oxygen atoms in total. The van der Waals surface area contributed by atoms with Crippen molar-refractivity contribution < 1.29 is 9.53 Å². The minimum Gasteiger partial charge on any atom is -0.463 e. The molecule has 0 spiro atoms. The largest absolute Gasteiger partial charge is 0.463 e. The fraction of sp³-hybridized carbons (Fsp3) is 0.160. The van der Waals surface area contributed by atoms with Gasteiger partial charge in [0.1, 0.15) is 0 Å². The van der Waals surface area contributed by atoms with Crippen LogP contribution in [-0.2, 0) is 9.53 Å². The van der Waals surface area contributed by atoms with E-state index in [9.17, 15) is 9.59 Å². The molecule has 5 rings (SSSR count). The average Bonchev–Trinajstić information content (AvgIpc) is 3.41. The van der Waals surface area contributed by atoms with E-state index in [1.807, 2.05) is 66.1 Å². The molecule has 0 fully saturated rings. The number of esters is 1. The Balaban J connectivity index is 1.83. The summed E-state index contributed by atoms with van der Waals surface area (Å²) in [5.41, 5.74) is 1.70. The van der Waals surface area contributed by atoms with E-state index < -0.39 is 12.0 Å². The SMILES string of the molecule is CCOC(=O)C1=C(C)N=c2sc(=Cc3cccs3)c(=O)n2[C@H]1c1cccc2ccccc12. The van der Waals surface area contributed by atoms with Crippen LogP contribution < -0.4 is 14.9 Å². The smallest absolute Gasteiger partial charge is 0.338 e. The molecule has 0 aliphatic carbocycles. The Morgan fingerprint density at radius 2 is 1.97 bits per heavy atom. The average molecular weight is 461 g/mol. The van der Waals surface area contributed by atoms with Gasteiger partial charge in [0.2, 0.25) is 0 Å². The van der Waals surface area contributed by atoms with Gasteiger partial charge in [-0.15, -0.1) is 11.3 Å². The molecular formula is C25H20N2O3S2. The summed E-state index contributed by atoms with van der Waals surface area (Å²) >= 11 is 2.92. The molecule has 2 aromatic carbocycles. The Kier molecular flexibility index (Phi) is 5.36. The predicted molar refractivity (Wildman–Crippen MR) is 129 cm³/mol. The number of thiophene rings is 1. The third-order valence-electron chi connectivity index (χ3n) is 5.45. The first-order valence-electron chi connectivity index (χ1n) is 10.3. The Morgan fingerprint density at radius 1 is 1.16 bits per heavy atom. The molecule has 4 aromatic rings. The van der Waals surface area contributed by atoms with Crippen molar-refractivity contribution in [2.24, 2.45) is 4.99 Å².